The normalized spacial score (nSPS) is 10.8. The second kappa shape index (κ2) is 11.6. The summed E-state index contributed by atoms with van der Waals surface area (Å²) in [7, 11) is 2.70. The third-order valence-corrected chi connectivity index (χ3v) is 5.18. The minimum Gasteiger partial charge on any atom is -0.497 e. The highest BCUT2D eigenvalue weighted by Gasteiger charge is 2.18. The minimum absolute atomic E-state index is 0.0811. The van der Waals surface area contributed by atoms with Crippen molar-refractivity contribution in [2.24, 2.45) is 0 Å². The van der Waals surface area contributed by atoms with Crippen molar-refractivity contribution in [2.75, 3.05) is 19.5 Å². The van der Waals surface area contributed by atoms with Crippen LogP contribution in [0.1, 0.15) is 26.3 Å². The summed E-state index contributed by atoms with van der Waals surface area (Å²) in [6, 6.07) is 15.9. The van der Waals surface area contributed by atoms with Crippen LogP contribution in [0.2, 0.25) is 5.02 Å². The number of esters is 1. The number of nitrogens with zero attached hydrogens (tertiary/aromatic N) is 1. The Bertz CT molecular complexity index is 1350. The van der Waals surface area contributed by atoms with Gasteiger partial charge in [0.1, 0.15) is 11.4 Å². The first-order valence-electron chi connectivity index (χ1n) is 10.3. The number of ether oxygens (including phenoxy) is 2. The third kappa shape index (κ3) is 6.45. The van der Waals surface area contributed by atoms with Crippen LogP contribution in [-0.2, 0) is 9.53 Å². The summed E-state index contributed by atoms with van der Waals surface area (Å²) >= 11 is 6.19. The van der Waals surface area contributed by atoms with Crippen molar-refractivity contribution in [1.82, 2.24) is 5.32 Å². The summed E-state index contributed by atoms with van der Waals surface area (Å²) in [5.41, 5.74) is 0.602. The molecule has 0 aliphatic rings. The van der Waals surface area contributed by atoms with Crippen LogP contribution in [0.4, 0.5) is 11.4 Å². The lowest BCUT2D eigenvalue weighted by Crippen LogP contribution is -2.31. The molecule has 10 nitrogen and oxygen atoms in total. The molecule has 0 saturated heterocycles. The number of methoxy groups -OCH3 is 2. The van der Waals surface area contributed by atoms with E-state index < -0.39 is 22.7 Å². The molecule has 0 unspecified atom stereocenters. The van der Waals surface area contributed by atoms with Gasteiger partial charge in [0, 0.05) is 17.8 Å². The van der Waals surface area contributed by atoms with Crippen LogP contribution in [0.25, 0.3) is 6.08 Å². The van der Waals surface area contributed by atoms with Crippen molar-refractivity contribution < 1.29 is 28.8 Å². The predicted octanol–water partition coefficient (Wildman–Crippen LogP) is 4.45. The van der Waals surface area contributed by atoms with E-state index in [-0.39, 0.29) is 27.5 Å². The Labute approximate surface area is 210 Å². The Hall–Kier alpha value is -4.70. The molecule has 0 aromatic heterocycles. The number of hydrogen-bond donors (Lipinski definition) is 2. The topological polar surface area (TPSA) is 137 Å². The van der Waals surface area contributed by atoms with Crippen molar-refractivity contribution in [3.63, 3.8) is 0 Å². The fourth-order valence-electron chi connectivity index (χ4n) is 3.06. The maximum Gasteiger partial charge on any atom is 0.337 e. The second-order valence-electron chi connectivity index (χ2n) is 7.23. The Kier molecular flexibility index (Phi) is 8.37. The standard InChI is InChI=1S/C25H20ClN3O7/c1-35-19-10-11-20(21(26)14-19)23(30)28-22(13-15-4-3-5-18(12-15)29(33)34)24(31)27-17-8-6-16(7-9-17)25(32)36-2/h3-14H,1-2H3,(H,27,31)(H,28,30)/b22-13+. The van der Waals surface area contributed by atoms with Crippen LogP contribution < -0.4 is 15.4 Å². The smallest absolute Gasteiger partial charge is 0.337 e. The van der Waals surface area contributed by atoms with Gasteiger partial charge in [-0.2, -0.15) is 0 Å². The van der Waals surface area contributed by atoms with Crippen LogP contribution in [0.15, 0.2) is 72.4 Å². The molecule has 36 heavy (non-hydrogen) atoms. The average molecular weight is 510 g/mol. The minimum atomic E-state index is -0.717. The number of nitrogens with one attached hydrogen (secondary N) is 2. The monoisotopic (exact) mass is 509 g/mol. The third-order valence-electron chi connectivity index (χ3n) is 4.87. The number of anilines is 1. The number of hydrogen-bond acceptors (Lipinski definition) is 7. The van der Waals surface area contributed by atoms with E-state index in [1.807, 2.05) is 0 Å². The van der Waals surface area contributed by atoms with Crippen molar-refractivity contribution in [1.29, 1.82) is 0 Å². The number of halogens is 1. The Balaban J connectivity index is 1.93. The molecule has 0 aliphatic carbocycles. The largest absolute Gasteiger partial charge is 0.497 e. The molecule has 0 aliphatic heterocycles. The molecule has 11 heteroatoms. The lowest BCUT2D eigenvalue weighted by atomic mass is 10.1. The SMILES string of the molecule is COC(=O)c1ccc(NC(=O)/C(=C\c2cccc([N+](=O)[O-])c2)NC(=O)c2ccc(OC)cc2Cl)cc1. The Morgan fingerprint density at radius 3 is 2.33 bits per heavy atom. The molecular formula is C25H20ClN3O7. The van der Waals surface area contributed by atoms with Crippen molar-refractivity contribution in [2.45, 2.75) is 0 Å². The van der Waals surface area contributed by atoms with Gasteiger partial charge in [-0.1, -0.05) is 23.7 Å². The van der Waals surface area contributed by atoms with Gasteiger partial charge in [-0.25, -0.2) is 4.79 Å². The molecule has 3 aromatic carbocycles. The van der Waals surface area contributed by atoms with E-state index in [1.165, 1.54) is 87.0 Å². The molecule has 0 heterocycles. The van der Waals surface area contributed by atoms with Gasteiger partial charge >= 0.3 is 5.97 Å². The highest BCUT2D eigenvalue weighted by Crippen LogP contribution is 2.23. The van der Waals surface area contributed by atoms with Gasteiger partial charge in [0.2, 0.25) is 0 Å². The van der Waals surface area contributed by atoms with Crippen molar-refractivity contribution in [3.05, 3.63) is 104 Å². The Morgan fingerprint density at radius 1 is 1.00 bits per heavy atom. The number of benzene rings is 3. The van der Waals surface area contributed by atoms with Gasteiger partial charge in [0.15, 0.2) is 0 Å². The molecule has 0 spiro atoms. The van der Waals surface area contributed by atoms with E-state index in [9.17, 15) is 24.5 Å². The molecule has 3 aromatic rings. The van der Waals surface area contributed by atoms with E-state index in [1.54, 1.807) is 0 Å². The zero-order valence-corrected chi connectivity index (χ0v) is 19.9. The molecule has 184 valence electrons. The maximum atomic E-state index is 13.1. The van der Waals surface area contributed by atoms with Gasteiger partial charge in [0.25, 0.3) is 17.5 Å². The highest BCUT2D eigenvalue weighted by molar-refractivity contribution is 6.34. The number of nitro groups is 1. The summed E-state index contributed by atoms with van der Waals surface area (Å²) in [5, 5.41) is 16.4. The first kappa shape index (κ1) is 25.9. The van der Waals surface area contributed by atoms with E-state index in [0.717, 1.165) is 0 Å². The molecule has 0 saturated carbocycles. The first-order chi connectivity index (χ1) is 17.2. The molecule has 2 N–H and O–H groups in total. The fraction of sp³-hybridized carbons (Fsp3) is 0.0800. The van der Waals surface area contributed by atoms with Crippen LogP contribution in [0.3, 0.4) is 0 Å². The summed E-state index contributed by atoms with van der Waals surface area (Å²) in [5.74, 6) is -1.50. The zero-order valence-electron chi connectivity index (χ0n) is 19.1. The summed E-state index contributed by atoms with van der Waals surface area (Å²) < 4.78 is 9.73. The predicted molar refractivity (Wildman–Crippen MR) is 133 cm³/mol. The molecule has 0 bridgehead atoms. The number of rotatable bonds is 8. The molecule has 2 amide bonds. The average Bonchev–Trinajstić information content (AvgIpc) is 2.88. The number of carbonyl (C=O) groups is 3. The summed E-state index contributed by atoms with van der Waals surface area (Å²) in [4.78, 5) is 48.2. The van der Waals surface area contributed by atoms with Gasteiger partial charge < -0.3 is 20.1 Å². The molecular weight excluding hydrogens is 490 g/mol. The number of amides is 2. The fourth-order valence-corrected chi connectivity index (χ4v) is 3.31. The second-order valence-corrected chi connectivity index (χ2v) is 7.64. The molecule has 0 atom stereocenters. The summed E-state index contributed by atoms with van der Waals surface area (Å²) in [6.45, 7) is 0. The molecule has 0 fully saturated rings. The first-order valence-corrected chi connectivity index (χ1v) is 10.7. The van der Waals surface area contributed by atoms with Gasteiger partial charge in [-0.05, 0) is 54.1 Å². The van der Waals surface area contributed by atoms with Crippen molar-refractivity contribution in [3.8, 4) is 5.75 Å². The van der Waals surface area contributed by atoms with Gasteiger partial charge in [-0.15, -0.1) is 0 Å². The summed E-state index contributed by atoms with van der Waals surface area (Å²) in [6.07, 6.45) is 1.29. The quantitative estimate of drug-likeness (QED) is 0.198. The van der Waals surface area contributed by atoms with E-state index in [2.05, 4.69) is 15.4 Å². The molecule has 3 rings (SSSR count). The van der Waals surface area contributed by atoms with Crippen LogP contribution in [0.5, 0.6) is 5.75 Å². The zero-order chi connectivity index (χ0) is 26.2. The molecule has 0 radical (unpaired) electrons. The van der Waals surface area contributed by atoms with E-state index in [4.69, 9.17) is 16.3 Å². The van der Waals surface area contributed by atoms with Crippen LogP contribution >= 0.6 is 11.6 Å². The van der Waals surface area contributed by atoms with E-state index >= 15 is 0 Å². The van der Waals surface area contributed by atoms with Gasteiger partial charge in [0.05, 0.1) is 35.3 Å². The van der Waals surface area contributed by atoms with Crippen molar-refractivity contribution >= 4 is 46.8 Å². The Morgan fingerprint density at radius 2 is 1.72 bits per heavy atom. The highest BCUT2D eigenvalue weighted by atomic mass is 35.5. The van der Waals surface area contributed by atoms with E-state index in [0.29, 0.717) is 17.0 Å². The lowest BCUT2D eigenvalue weighted by Gasteiger charge is -2.13. The number of non-ortho nitro benzene ring substituents is 1. The lowest BCUT2D eigenvalue weighted by molar-refractivity contribution is -0.384. The number of carbonyl (C=O) groups excluding carboxylic acids is 3. The van der Waals surface area contributed by atoms with Crippen LogP contribution in [-0.4, -0.2) is 36.9 Å². The number of nitro benzene ring substituents is 1. The van der Waals surface area contributed by atoms with Gasteiger partial charge in [-0.3, -0.25) is 19.7 Å². The maximum absolute atomic E-state index is 13.1. The van der Waals surface area contributed by atoms with Crippen LogP contribution in [0, 0.1) is 10.1 Å².